The Morgan fingerprint density at radius 1 is 1.37 bits per heavy atom. The van der Waals surface area contributed by atoms with Crippen LogP contribution in [0.5, 0.6) is 0 Å². The highest BCUT2D eigenvalue weighted by Gasteiger charge is 2.18. The number of aryl methyl sites for hydroxylation is 3. The van der Waals surface area contributed by atoms with Crippen LogP contribution in [0.1, 0.15) is 30.0 Å². The molecular weight excluding hydrogens is 238 g/mol. The number of rotatable bonds is 4. The first kappa shape index (κ1) is 12.4. The zero-order valence-corrected chi connectivity index (χ0v) is 11.7. The summed E-state index contributed by atoms with van der Waals surface area (Å²) in [5.41, 5.74) is 2.66. The van der Waals surface area contributed by atoms with Crippen molar-refractivity contribution in [1.29, 1.82) is 0 Å². The van der Waals surface area contributed by atoms with Crippen molar-refractivity contribution in [2.45, 2.75) is 39.3 Å². The third kappa shape index (κ3) is 2.30. The number of fused-ring (bicyclic) bond motifs is 1. The summed E-state index contributed by atoms with van der Waals surface area (Å²) in [6.45, 7) is 5.14. The Morgan fingerprint density at radius 2 is 2.26 bits per heavy atom. The zero-order valence-electron chi connectivity index (χ0n) is 11.7. The molecule has 3 rings (SSSR count). The molecule has 1 N–H and O–H groups in total. The largest absolute Gasteiger partial charge is 0.338 e. The van der Waals surface area contributed by atoms with Crippen LogP contribution in [0.15, 0.2) is 12.4 Å². The Hall–Kier alpha value is -1.62. The molecule has 3 heterocycles. The molecule has 0 spiro atoms. The van der Waals surface area contributed by atoms with Crippen LogP contribution in [0, 0.1) is 0 Å². The number of hydrogen-bond donors (Lipinski definition) is 1. The van der Waals surface area contributed by atoms with Gasteiger partial charge in [-0.15, -0.1) is 0 Å². The minimum absolute atomic E-state index is 0.914. The van der Waals surface area contributed by atoms with Crippen molar-refractivity contribution in [3.05, 3.63) is 35.4 Å². The maximum absolute atomic E-state index is 4.76. The first-order chi connectivity index (χ1) is 9.29. The maximum atomic E-state index is 4.76. The lowest BCUT2D eigenvalue weighted by Gasteiger charge is -2.16. The van der Waals surface area contributed by atoms with E-state index in [4.69, 9.17) is 4.98 Å². The average molecular weight is 259 g/mol. The van der Waals surface area contributed by atoms with Gasteiger partial charge in [-0.05, 0) is 0 Å². The van der Waals surface area contributed by atoms with E-state index in [-0.39, 0.29) is 0 Å². The van der Waals surface area contributed by atoms with Gasteiger partial charge in [-0.25, -0.2) is 9.97 Å². The van der Waals surface area contributed by atoms with Crippen LogP contribution in [-0.4, -0.2) is 25.6 Å². The Bertz CT molecular complexity index is 566. The predicted molar refractivity (Wildman–Crippen MR) is 73.9 cm³/mol. The van der Waals surface area contributed by atoms with E-state index in [1.807, 2.05) is 12.4 Å². The molecule has 1 aliphatic rings. The van der Waals surface area contributed by atoms with Crippen molar-refractivity contribution < 1.29 is 0 Å². The fourth-order valence-electron chi connectivity index (χ4n) is 2.81. The molecule has 5 heteroatoms. The lowest BCUT2D eigenvalue weighted by Crippen LogP contribution is -2.25. The van der Waals surface area contributed by atoms with E-state index in [1.165, 1.54) is 17.2 Å². The number of hydrogen-bond acceptors (Lipinski definition) is 3. The number of imidazole rings is 2. The molecular formula is C14H21N5. The highest BCUT2D eigenvalue weighted by atomic mass is 15.1. The van der Waals surface area contributed by atoms with Crippen molar-refractivity contribution in [1.82, 2.24) is 24.4 Å². The molecule has 0 bridgehead atoms. The van der Waals surface area contributed by atoms with E-state index in [0.717, 1.165) is 44.7 Å². The Labute approximate surface area is 113 Å². The van der Waals surface area contributed by atoms with Gasteiger partial charge in [-0.1, -0.05) is 6.92 Å². The van der Waals surface area contributed by atoms with Gasteiger partial charge in [0.05, 0.1) is 5.69 Å². The zero-order chi connectivity index (χ0) is 13.2. The van der Waals surface area contributed by atoms with Crippen LogP contribution in [0.2, 0.25) is 0 Å². The topological polar surface area (TPSA) is 47.7 Å². The molecule has 0 aliphatic carbocycles. The van der Waals surface area contributed by atoms with Crippen LogP contribution < -0.4 is 5.32 Å². The molecule has 102 valence electrons. The summed E-state index contributed by atoms with van der Waals surface area (Å²) >= 11 is 0. The first-order valence-corrected chi connectivity index (χ1v) is 7.03. The quantitative estimate of drug-likeness (QED) is 0.893. The third-order valence-corrected chi connectivity index (χ3v) is 3.86. The molecule has 2 aromatic rings. The van der Waals surface area contributed by atoms with Crippen molar-refractivity contribution in [2.24, 2.45) is 7.05 Å². The molecule has 0 atom stereocenters. The van der Waals surface area contributed by atoms with Gasteiger partial charge in [-0.3, -0.25) is 0 Å². The number of aromatic nitrogens is 4. The highest BCUT2D eigenvalue weighted by molar-refractivity contribution is 5.20. The maximum Gasteiger partial charge on any atom is 0.110 e. The standard InChI is InChI=1S/C14H21N5/c1-3-13-17-11-10-15-6-4-12(11)19(13)8-5-14-16-7-9-18(14)2/h7,9,15H,3-6,8,10H2,1-2H3. The number of nitrogens with zero attached hydrogens (tertiary/aromatic N) is 4. The van der Waals surface area contributed by atoms with Crippen molar-refractivity contribution >= 4 is 0 Å². The highest BCUT2D eigenvalue weighted by Crippen LogP contribution is 2.17. The van der Waals surface area contributed by atoms with Gasteiger partial charge in [0.2, 0.25) is 0 Å². The Balaban J connectivity index is 1.83. The van der Waals surface area contributed by atoms with Gasteiger partial charge in [-0.2, -0.15) is 0 Å². The normalized spacial score (nSPS) is 14.6. The molecule has 0 radical (unpaired) electrons. The molecule has 2 aromatic heterocycles. The van der Waals surface area contributed by atoms with Gasteiger partial charge in [0, 0.05) is 64.0 Å². The summed E-state index contributed by atoms with van der Waals surface area (Å²) in [7, 11) is 2.05. The molecule has 0 saturated carbocycles. The summed E-state index contributed by atoms with van der Waals surface area (Å²) in [5.74, 6) is 2.35. The lowest BCUT2D eigenvalue weighted by molar-refractivity contribution is 0.566. The van der Waals surface area contributed by atoms with Crippen molar-refractivity contribution in [3.63, 3.8) is 0 Å². The number of nitrogens with one attached hydrogen (secondary N) is 1. The van der Waals surface area contributed by atoms with Crippen molar-refractivity contribution in [2.75, 3.05) is 6.54 Å². The van der Waals surface area contributed by atoms with Gasteiger partial charge < -0.3 is 14.5 Å². The minimum Gasteiger partial charge on any atom is -0.338 e. The average Bonchev–Trinajstić information content (AvgIpc) is 2.99. The van der Waals surface area contributed by atoms with E-state index >= 15 is 0 Å². The second-order valence-electron chi connectivity index (χ2n) is 5.06. The predicted octanol–water partition coefficient (Wildman–Crippen LogP) is 1.07. The molecule has 0 unspecified atom stereocenters. The molecule has 0 aromatic carbocycles. The summed E-state index contributed by atoms with van der Waals surface area (Å²) in [4.78, 5) is 9.16. The molecule has 0 saturated heterocycles. The second-order valence-corrected chi connectivity index (χ2v) is 5.06. The van der Waals surface area contributed by atoms with Gasteiger partial charge in [0.25, 0.3) is 0 Å². The van der Waals surface area contributed by atoms with Crippen LogP contribution in [0.4, 0.5) is 0 Å². The Kier molecular flexibility index (Phi) is 3.38. The van der Waals surface area contributed by atoms with Crippen molar-refractivity contribution in [3.8, 4) is 0 Å². The molecule has 0 fully saturated rings. The van der Waals surface area contributed by atoms with E-state index in [9.17, 15) is 0 Å². The van der Waals surface area contributed by atoms with Gasteiger partial charge in [0.15, 0.2) is 0 Å². The molecule has 5 nitrogen and oxygen atoms in total. The smallest absolute Gasteiger partial charge is 0.110 e. The molecule has 0 amide bonds. The minimum atomic E-state index is 0.914. The van der Waals surface area contributed by atoms with Crippen LogP contribution in [-0.2, 0) is 39.4 Å². The van der Waals surface area contributed by atoms with Crippen LogP contribution in [0.25, 0.3) is 0 Å². The van der Waals surface area contributed by atoms with E-state index in [0.29, 0.717) is 0 Å². The summed E-state index contributed by atoms with van der Waals surface area (Å²) < 4.78 is 4.50. The van der Waals surface area contributed by atoms with E-state index < -0.39 is 0 Å². The SMILES string of the molecule is CCc1nc2c(n1CCc1nccn1C)CCNC2. The molecule has 1 aliphatic heterocycles. The first-order valence-electron chi connectivity index (χ1n) is 7.03. The summed E-state index contributed by atoms with van der Waals surface area (Å²) in [6, 6.07) is 0. The second kappa shape index (κ2) is 5.17. The van der Waals surface area contributed by atoms with Crippen LogP contribution in [0.3, 0.4) is 0 Å². The van der Waals surface area contributed by atoms with Crippen LogP contribution >= 0.6 is 0 Å². The summed E-state index contributed by atoms with van der Waals surface area (Å²) in [5, 5.41) is 3.39. The van der Waals surface area contributed by atoms with E-state index in [2.05, 4.69) is 33.4 Å². The Morgan fingerprint density at radius 3 is 3.00 bits per heavy atom. The fourth-order valence-corrected chi connectivity index (χ4v) is 2.81. The molecule has 19 heavy (non-hydrogen) atoms. The lowest BCUT2D eigenvalue weighted by atomic mass is 10.2. The monoisotopic (exact) mass is 259 g/mol. The summed E-state index contributed by atoms with van der Waals surface area (Å²) in [6.07, 6.45) is 6.91. The fraction of sp³-hybridized carbons (Fsp3) is 0.571. The van der Waals surface area contributed by atoms with Gasteiger partial charge in [0.1, 0.15) is 11.6 Å². The van der Waals surface area contributed by atoms with E-state index in [1.54, 1.807) is 0 Å². The van der Waals surface area contributed by atoms with Gasteiger partial charge >= 0.3 is 0 Å². The third-order valence-electron chi connectivity index (χ3n) is 3.86.